The summed E-state index contributed by atoms with van der Waals surface area (Å²) in [5.41, 5.74) is 5.67. The molecule has 0 aliphatic carbocycles. The van der Waals surface area contributed by atoms with Crippen LogP contribution in [-0.4, -0.2) is 24.9 Å². The number of hydrogen-bond donors (Lipinski definition) is 2. The van der Waals surface area contributed by atoms with Gasteiger partial charge in [-0.3, -0.25) is 4.98 Å². The predicted octanol–water partition coefficient (Wildman–Crippen LogP) is 7.40. The number of anilines is 1. The highest BCUT2D eigenvalue weighted by atomic mass is 16.7. The van der Waals surface area contributed by atoms with Gasteiger partial charge >= 0.3 is 0 Å². The van der Waals surface area contributed by atoms with Gasteiger partial charge in [0.1, 0.15) is 0 Å². The minimum atomic E-state index is 0.305. The Hall–Kier alpha value is -4.09. The first kappa shape index (κ1) is 24.6. The molecule has 2 N–H and O–H groups in total. The summed E-state index contributed by atoms with van der Waals surface area (Å²) in [5.74, 6) is 1.70. The van der Waals surface area contributed by atoms with Gasteiger partial charge < -0.3 is 20.1 Å². The Morgan fingerprint density at radius 1 is 0.811 bits per heavy atom. The molecule has 37 heavy (non-hydrogen) atoms. The average Bonchev–Trinajstić information content (AvgIpc) is 3.45. The van der Waals surface area contributed by atoms with Crippen LogP contribution in [0.3, 0.4) is 0 Å². The zero-order chi connectivity index (χ0) is 25.5. The van der Waals surface area contributed by atoms with Crippen LogP contribution in [0.2, 0.25) is 0 Å². The SMILES string of the molecule is CC.c1cc(CNCCCNc2ccnc3cc(-c4cccc5ccccc45)ccc23)c2c(c1)OCO2. The fourth-order valence-corrected chi connectivity index (χ4v) is 4.74. The van der Waals surface area contributed by atoms with Crippen LogP contribution in [0, 0.1) is 0 Å². The van der Waals surface area contributed by atoms with Crippen LogP contribution in [0.15, 0.2) is 91.1 Å². The monoisotopic (exact) mass is 491 g/mol. The van der Waals surface area contributed by atoms with Crippen molar-refractivity contribution in [1.29, 1.82) is 0 Å². The van der Waals surface area contributed by atoms with Crippen molar-refractivity contribution < 1.29 is 9.47 Å². The molecule has 4 aromatic carbocycles. The third kappa shape index (κ3) is 5.37. The first-order valence-electron chi connectivity index (χ1n) is 13.1. The number of hydrogen-bond acceptors (Lipinski definition) is 5. The van der Waals surface area contributed by atoms with Gasteiger partial charge in [0, 0.05) is 35.9 Å². The molecule has 1 aliphatic heterocycles. The van der Waals surface area contributed by atoms with E-state index in [9.17, 15) is 0 Å². The van der Waals surface area contributed by atoms with Crippen LogP contribution in [0.1, 0.15) is 25.8 Å². The minimum Gasteiger partial charge on any atom is -0.454 e. The van der Waals surface area contributed by atoms with Crippen LogP contribution >= 0.6 is 0 Å². The second kappa shape index (κ2) is 11.8. The molecular formula is C32H33N3O2. The molecule has 188 valence electrons. The van der Waals surface area contributed by atoms with Crippen molar-refractivity contribution >= 4 is 27.4 Å². The molecule has 0 amide bonds. The van der Waals surface area contributed by atoms with Crippen molar-refractivity contribution in [3.63, 3.8) is 0 Å². The van der Waals surface area contributed by atoms with Crippen molar-refractivity contribution in [2.45, 2.75) is 26.8 Å². The van der Waals surface area contributed by atoms with Gasteiger partial charge in [0.25, 0.3) is 0 Å². The number of pyridine rings is 1. The maximum absolute atomic E-state index is 5.58. The van der Waals surface area contributed by atoms with Crippen molar-refractivity contribution in [1.82, 2.24) is 10.3 Å². The Kier molecular flexibility index (Phi) is 7.82. The first-order chi connectivity index (χ1) is 18.4. The fraction of sp³-hybridized carbons (Fsp3) is 0.219. The number of nitrogens with one attached hydrogen (secondary N) is 2. The van der Waals surface area contributed by atoms with E-state index < -0.39 is 0 Å². The molecule has 5 nitrogen and oxygen atoms in total. The van der Waals surface area contributed by atoms with E-state index in [1.54, 1.807) is 0 Å². The summed E-state index contributed by atoms with van der Waals surface area (Å²) < 4.78 is 11.0. The zero-order valence-electron chi connectivity index (χ0n) is 21.5. The molecule has 0 saturated carbocycles. The Morgan fingerprint density at radius 2 is 1.68 bits per heavy atom. The lowest BCUT2D eigenvalue weighted by Gasteiger charge is -2.12. The summed E-state index contributed by atoms with van der Waals surface area (Å²) in [7, 11) is 0. The normalized spacial score (nSPS) is 11.8. The Morgan fingerprint density at radius 3 is 2.62 bits per heavy atom. The summed E-state index contributed by atoms with van der Waals surface area (Å²) in [6.45, 7) is 6.86. The highest BCUT2D eigenvalue weighted by Gasteiger charge is 2.16. The van der Waals surface area contributed by atoms with E-state index in [1.807, 2.05) is 32.2 Å². The molecule has 1 aromatic heterocycles. The average molecular weight is 492 g/mol. The molecule has 5 heteroatoms. The molecule has 0 atom stereocenters. The number of ether oxygens (including phenoxy) is 2. The molecule has 1 aliphatic rings. The van der Waals surface area contributed by atoms with E-state index in [2.05, 4.69) is 88.4 Å². The third-order valence-electron chi connectivity index (χ3n) is 6.48. The topological polar surface area (TPSA) is 55.4 Å². The molecule has 2 heterocycles. The van der Waals surface area contributed by atoms with Gasteiger partial charge in [-0.1, -0.05) is 80.6 Å². The van der Waals surface area contributed by atoms with Gasteiger partial charge in [-0.2, -0.15) is 0 Å². The van der Waals surface area contributed by atoms with Gasteiger partial charge in [0.15, 0.2) is 11.5 Å². The van der Waals surface area contributed by atoms with Gasteiger partial charge in [-0.05, 0) is 53.1 Å². The highest BCUT2D eigenvalue weighted by Crippen LogP contribution is 2.35. The van der Waals surface area contributed by atoms with Crippen LogP contribution in [0.4, 0.5) is 5.69 Å². The molecular weight excluding hydrogens is 458 g/mol. The van der Waals surface area contributed by atoms with Gasteiger partial charge in [-0.15, -0.1) is 0 Å². The second-order valence-electron chi connectivity index (χ2n) is 8.73. The van der Waals surface area contributed by atoms with Crippen LogP contribution < -0.4 is 20.1 Å². The van der Waals surface area contributed by atoms with Crippen LogP contribution in [0.25, 0.3) is 32.8 Å². The number of aromatic nitrogens is 1. The summed E-state index contributed by atoms with van der Waals surface area (Å²) >= 11 is 0. The molecule has 0 fully saturated rings. The molecule has 5 aromatic rings. The second-order valence-corrected chi connectivity index (χ2v) is 8.73. The van der Waals surface area contributed by atoms with Crippen molar-refractivity contribution in [2.75, 3.05) is 25.2 Å². The maximum atomic E-state index is 5.58. The molecule has 0 unspecified atom stereocenters. The molecule has 0 spiro atoms. The number of rotatable bonds is 8. The molecule has 0 saturated heterocycles. The minimum absolute atomic E-state index is 0.305. The van der Waals surface area contributed by atoms with Crippen LogP contribution in [-0.2, 0) is 6.54 Å². The molecule has 0 radical (unpaired) electrons. The van der Waals surface area contributed by atoms with E-state index >= 15 is 0 Å². The zero-order valence-corrected chi connectivity index (χ0v) is 21.5. The summed E-state index contributed by atoms with van der Waals surface area (Å²) in [5, 5.41) is 10.7. The van der Waals surface area contributed by atoms with Crippen molar-refractivity contribution in [3.05, 3.63) is 96.7 Å². The predicted molar refractivity (Wildman–Crippen MR) is 153 cm³/mol. The highest BCUT2D eigenvalue weighted by molar-refractivity contribution is 6.00. The molecule has 0 bridgehead atoms. The van der Waals surface area contributed by atoms with Crippen molar-refractivity contribution in [3.8, 4) is 22.6 Å². The summed E-state index contributed by atoms with van der Waals surface area (Å²) in [4.78, 5) is 4.65. The smallest absolute Gasteiger partial charge is 0.231 e. The maximum Gasteiger partial charge on any atom is 0.231 e. The Bertz CT molecular complexity index is 1490. The quantitative estimate of drug-likeness (QED) is 0.222. The fourth-order valence-electron chi connectivity index (χ4n) is 4.74. The lowest BCUT2D eigenvalue weighted by atomic mass is 9.97. The van der Waals surface area contributed by atoms with Crippen LogP contribution in [0.5, 0.6) is 11.5 Å². The van der Waals surface area contributed by atoms with E-state index in [4.69, 9.17) is 9.47 Å². The Balaban J connectivity index is 0.00000137. The van der Waals surface area contributed by atoms with Crippen molar-refractivity contribution in [2.24, 2.45) is 0 Å². The van der Waals surface area contributed by atoms with E-state index in [1.165, 1.54) is 21.9 Å². The van der Waals surface area contributed by atoms with Gasteiger partial charge in [-0.25, -0.2) is 0 Å². The standard InChI is InChI=1S/C30H27N3O2.C2H6/c1-2-9-24-21(6-1)7-3-10-25(24)22-12-13-26-27(14-17-33-28(26)18-22)32-16-5-15-31-19-23-8-4-11-29-30(23)35-20-34-29;1-2/h1-4,6-14,17-18,31H,5,15-16,19-20H2,(H,32,33);1-2H3. The summed E-state index contributed by atoms with van der Waals surface area (Å²) in [6, 6.07) is 29.6. The van der Waals surface area contributed by atoms with E-state index in [0.29, 0.717) is 6.79 Å². The Labute approximate surface area is 218 Å². The number of nitrogens with zero attached hydrogens (tertiary/aromatic N) is 1. The lowest BCUT2D eigenvalue weighted by Crippen LogP contribution is -2.18. The third-order valence-corrected chi connectivity index (χ3v) is 6.48. The van der Waals surface area contributed by atoms with E-state index in [-0.39, 0.29) is 0 Å². The number of fused-ring (bicyclic) bond motifs is 3. The van der Waals surface area contributed by atoms with Gasteiger partial charge in [0.05, 0.1) is 5.52 Å². The molecule has 6 rings (SSSR count). The number of benzene rings is 4. The largest absolute Gasteiger partial charge is 0.454 e. The van der Waals surface area contributed by atoms with Gasteiger partial charge in [0.2, 0.25) is 6.79 Å². The van der Waals surface area contributed by atoms with E-state index in [0.717, 1.165) is 59.7 Å². The summed E-state index contributed by atoms with van der Waals surface area (Å²) in [6.07, 6.45) is 2.89. The lowest BCUT2D eigenvalue weighted by molar-refractivity contribution is 0.173. The first-order valence-corrected chi connectivity index (χ1v) is 13.1. The number of para-hydroxylation sites is 1.